The van der Waals surface area contributed by atoms with Crippen LogP contribution in [0.4, 0.5) is 11.5 Å². The molecule has 0 atom stereocenters. The minimum atomic E-state index is -0.510. The van der Waals surface area contributed by atoms with E-state index in [0.29, 0.717) is 36.7 Å². The minimum Gasteiger partial charge on any atom is -0.467 e. The fourth-order valence-corrected chi connectivity index (χ4v) is 2.89. The van der Waals surface area contributed by atoms with Gasteiger partial charge in [0.25, 0.3) is 11.6 Å². The van der Waals surface area contributed by atoms with Crippen LogP contribution in [0.15, 0.2) is 59.6 Å². The maximum absolute atomic E-state index is 12.2. The topological polar surface area (TPSA) is 141 Å². The Hall–Kier alpha value is -4.28. The molecular weight excluding hydrogens is 390 g/mol. The van der Waals surface area contributed by atoms with E-state index in [1.165, 1.54) is 30.6 Å². The fraction of sp³-hybridized carbons (Fsp3) is 0.158. The number of carbonyl (C=O) groups is 1. The SMILES string of the molecule is O=C(NCCn1ncc2c(NCc3ccco3)ncnc21)c1ccc([N+](=O)[O-])cc1. The Labute approximate surface area is 169 Å². The summed E-state index contributed by atoms with van der Waals surface area (Å²) in [5.41, 5.74) is 0.917. The molecule has 3 heterocycles. The molecule has 0 unspecified atom stereocenters. The van der Waals surface area contributed by atoms with Crippen LogP contribution in [0.25, 0.3) is 11.0 Å². The van der Waals surface area contributed by atoms with Gasteiger partial charge in [-0.1, -0.05) is 0 Å². The molecule has 0 aliphatic rings. The Morgan fingerprint density at radius 3 is 2.77 bits per heavy atom. The first kappa shape index (κ1) is 19.1. The van der Waals surface area contributed by atoms with Crippen LogP contribution in [0.1, 0.15) is 16.1 Å². The number of fused-ring (bicyclic) bond motifs is 1. The first-order chi connectivity index (χ1) is 14.6. The van der Waals surface area contributed by atoms with Crippen LogP contribution >= 0.6 is 0 Å². The zero-order valence-corrected chi connectivity index (χ0v) is 15.7. The zero-order valence-electron chi connectivity index (χ0n) is 15.7. The number of nitrogens with one attached hydrogen (secondary N) is 2. The van der Waals surface area contributed by atoms with Gasteiger partial charge < -0.3 is 15.1 Å². The van der Waals surface area contributed by atoms with Gasteiger partial charge in [0.2, 0.25) is 0 Å². The number of nitro benzene ring substituents is 1. The predicted octanol–water partition coefficient (Wildman–Crippen LogP) is 2.37. The lowest BCUT2D eigenvalue weighted by Gasteiger charge is -2.07. The standard InChI is InChI=1S/C19H17N7O4/c27-19(13-3-5-14(6-4-13)26(28)29)20-7-8-25-18-16(11-24-25)17(22-12-23-18)21-10-15-2-1-9-30-15/h1-6,9,11-12H,7-8,10H2,(H,20,27)(H,21,22,23). The monoisotopic (exact) mass is 407 g/mol. The summed E-state index contributed by atoms with van der Waals surface area (Å²) in [5.74, 6) is 1.09. The van der Waals surface area contributed by atoms with E-state index >= 15 is 0 Å². The summed E-state index contributed by atoms with van der Waals surface area (Å²) >= 11 is 0. The van der Waals surface area contributed by atoms with Crippen LogP contribution in [0.5, 0.6) is 0 Å². The average Bonchev–Trinajstić information content (AvgIpc) is 3.42. The maximum Gasteiger partial charge on any atom is 0.269 e. The molecule has 4 aromatic rings. The molecule has 2 N–H and O–H groups in total. The van der Waals surface area contributed by atoms with E-state index < -0.39 is 4.92 Å². The van der Waals surface area contributed by atoms with Crippen molar-refractivity contribution in [2.24, 2.45) is 0 Å². The van der Waals surface area contributed by atoms with Gasteiger partial charge in [0.15, 0.2) is 5.65 Å². The Bertz CT molecular complexity index is 1170. The zero-order chi connectivity index (χ0) is 20.9. The Morgan fingerprint density at radius 2 is 2.03 bits per heavy atom. The average molecular weight is 407 g/mol. The maximum atomic E-state index is 12.2. The first-order valence-corrected chi connectivity index (χ1v) is 9.07. The molecule has 0 fully saturated rings. The largest absolute Gasteiger partial charge is 0.467 e. The Balaban J connectivity index is 1.37. The fourth-order valence-electron chi connectivity index (χ4n) is 2.89. The number of hydrogen-bond donors (Lipinski definition) is 2. The van der Waals surface area contributed by atoms with E-state index in [1.807, 2.05) is 12.1 Å². The summed E-state index contributed by atoms with van der Waals surface area (Å²) in [6.45, 7) is 1.19. The lowest BCUT2D eigenvalue weighted by atomic mass is 10.2. The second-order valence-electron chi connectivity index (χ2n) is 6.32. The van der Waals surface area contributed by atoms with E-state index in [0.717, 1.165) is 11.1 Å². The summed E-state index contributed by atoms with van der Waals surface area (Å²) < 4.78 is 6.97. The molecule has 0 aliphatic heterocycles. The number of nitro groups is 1. The van der Waals surface area contributed by atoms with Crippen molar-refractivity contribution in [3.8, 4) is 0 Å². The second-order valence-corrected chi connectivity index (χ2v) is 6.32. The van der Waals surface area contributed by atoms with Crippen LogP contribution in [-0.4, -0.2) is 37.1 Å². The van der Waals surface area contributed by atoms with Crippen molar-refractivity contribution in [1.29, 1.82) is 0 Å². The molecule has 1 amide bonds. The predicted molar refractivity (Wildman–Crippen MR) is 107 cm³/mol. The molecule has 0 saturated heterocycles. The third kappa shape index (κ3) is 4.09. The second kappa shape index (κ2) is 8.39. The van der Waals surface area contributed by atoms with Crippen molar-refractivity contribution in [3.63, 3.8) is 0 Å². The molecule has 3 aromatic heterocycles. The van der Waals surface area contributed by atoms with Crippen molar-refractivity contribution in [2.75, 3.05) is 11.9 Å². The molecular formula is C19H17N7O4. The molecule has 0 bridgehead atoms. The van der Waals surface area contributed by atoms with E-state index in [1.54, 1.807) is 17.1 Å². The van der Waals surface area contributed by atoms with Gasteiger partial charge in [0.1, 0.15) is 17.9 Å². The Kier molecular flexibility index (Phi) is 5.33. The summed E-state index contributed by atoms with van der Waals surface area (Å²) in [7, 11) is 0. The van der Waals surface area contributed by atoms with Crippen LogP contribution in [0.2, 0.25) is 0 Å². The van der Waals surface area contributed by atoms with Gasteiger partial charge in [-0.15, -0.1) is 0 Å². The molecule has 0 spiro atoms. The van der Waals surface area contributed by atoms with E-state index in [-0.39, 0.29) is 11.6 Å². The molecule has 0 saturated carbocycles. The van der Waals surface area contributed by atoms with Gasteiger partial charge in [-0.3, -0.25) is 14.9 Å². The molecule has 0 radical (unpaired) electrons. The van der Waals surface area contributed by atoms with Crippen LogP contribution < -0.4 is 10.6 Å². The highest BCUT2D eigenvalue weighted by atomic mass is 16.6. The number of non-ortho nitro benzene ring substituents is 1. The van der Waals surface area contributed by atoms with Gasteiger partial charge >= 0.3 is 0 Å². The van der Waals surface area contributed by atoms with Crippen LogP contribution in [-0.2, 0) is 13.1 Å². The van der Waals surface area contributed by atoms with E-state index in [4.69, 9.17) is 4.42 Å². The van der Waals surface area contributed by atoms with E-state index in [2.05, 4.69) is 25.7 Å². The van der Waals surface area contributed by atoms with Gasteiger partial charge in [-0.05, 0) is 24.3 Å². The van der Waals surface area contributed by atoms with Gasteiger partial charge in [-0.25, -0.2) is 14.6 Å². The third-order valence-corrected chi connectivity index (χ3v) is 4.39. The highest BCUT2D eigenvalue weighted by Gasteiger charge is 2.12. The summed E-state index contributed by atoms with van der Waals surface area (Å²) in [6.07, 6.45) is 4.72. The lowest BCUT2D eigenvalue weighted by molar-refractivity contribution is -0.384. The number of rotatable bonds is 8. The van der Waals surface area contributed by atoms with Crippen molar-refractivity contribution in [2.45, 2.75) is 13.1 Å². The molecule has 1 aromatic carbocycles. The summed E-state index contributed by atoms with van der Waals surface area (Å²) in [5, 5.41) is 21.7. The molecule has 11 heteroatoms. The lowest BCUT2D eigenvalue weighted by Crippen LogP contribution is -2.27. The van der Waals surface area contributed by atoms with Gasteiger partial charge in [-0.2, -0.15) is 5.10 Å². The van der Waals surface area contributed by atoms with Crippen molar-refractivity contribution in [3.05, 3.63) is 76.6 Å². The first-order valence-electron chi connectivity index (χ1n) is 9.07. The van der Waals surface area contributed by atoms with Gasteiger partial charge in [0.05, 0.1) is 35.9 Å². The van der Waals surface area contributed by atoms with Crippen molar-refractivity contribution in [1.82, 2.24) is 25.1 Å². The number of nitrogens with zero attached hydrogens (tertiary/aromatic N) is 5. The highest BCUT2D eigenvalue weighted by Crippen LogP contribution is 2.19. The van der Waals surface area contributed by atoms with Crippen LogP contribution in [0, 0.1) is 10.1 Å². The number of carbonyl (C=O) groups excluding carboxylic acids is 1. The third-order valence-electron chi connectivity index (χ3n) is 4.39. The summed E-state index contributed by atoms with van der Waals surface area (Å²) in [6, 6.07) is 9.11. The van der Waals surface area contributed by atoms with Crippen molar-refractivity contribution < 1.29 is 14.1 Å². The molecule has 11 nitrogen and oxygen atoms in total. The van der Waals surface area contributed by atoms with Crippen molar-refractivity contribution >= 4 is 28.4 Å². The number of furan rings is 1. The number of aromatic nitrogens is 4. The normalized spacial score (nSPS) is 10.8. The number of amides is 1. The Morgan fingerprint density at radius 1 is 1.20 bits per heavy atom. The number of hydrogen-bond acceptors (Lipinski definition) is 8. The molecule has 30 heavy (non-hydrogen) atoms. The highest BCUT2D eigenvalue weighted by molar-refractivity contribution is 5.94. The summed E-state index contributed by atoms with van der Waals surface area (Å²) in [4.78, 5) is 30.9. The quantitative estimate of drug-likeness (QED) is 0.335. The van der Waals surface area contributed by atoms with Crippen LogP contribution in [0.3, 0.4) is 0 Å². The van der Waals surface area contributed by atoms with Gasteiger partial charge in [0, 0.05) is 24.2 Å². The molecule has 0 aliphatic carbocycles. The smallest absolute Gasteiger partial charge is 0.269 e. The van der Waals surface area contributed by atoms with E-state index in [9.17, 15) is 14.9 Å². The minimum absolute atomic E-state index is 0.0642. The number of benzene rings is 1. The molecule has 4 rings (SSSR count). The number of anilines is 1. The molecule has 152 valence electrons.